The summed E-state index contributed by atoms with van der Waals surface area (Å²) in [5.74, 6) is 0. The monoisotopic (exact) mass is 311 g/mol. The van der Waals surface area contributed by atoms with Crippen molar-refractivity contribution in [1.82, 2.24) is 4.90 Å². The minimum absolute atomic E-state index is 0.431. The van der Waals surface area contributed by atoms with Crippen LogP contribution in [0.1, 0.15) is 13.8 Å². The van der Waals surface area contributed by atoms with Crippen molar-refractivity contribution in [3.8, 4) is 0 Å². The summed E-state index contributed by atoms with van der Waals surface area (Å²) in [5, 5.41) is 38.3. The highest BCUT2D eigenvalue weighted by Gasteiger charge is 2.44. The predicted octanol–water partition coefficient (Wildman–Crippen LogP) is -0.854. The van der Waals surface area contributed by atoms with Crippen molar-refractivity contribution >= 4 is 28.3 Å². The first-order chi connectivity index (χ1) is 8.96. The Hall–Kier alpha value is 0.0400. The van der Waals surface area contributed by atoms with E-state index in [0.29, 0.717) is 4.32 Å². The molecule has 6 nitrogen and oxygen atoms in total. The van der Waals surface area contributed by atoms with E-state index in [1.54, 1.807) is 0 Å². The van der Waals surface area contributed by atoms with Crippen LogP contribution in [0.5, 0.6) is 0 Å². The number of aliphatic hydroxyl groups excluding tert-OH is 4. The lowest BCUT2D eigenvalue weighted by molar-refractivity contribution is -0.205. The van der Waals surface area contributed by atoms with Gasteiger partial charge in [-0.25, -0.2) is 0 Å². The molecule has 1 aliphatic heterocycles. The molecule has 1 aliphatic rings. The molecule has 5 atom stereocenters. The summed E-state index contributed by atoms with van der Waals surface area (Å²) in [5.41, 5.74) is -0.802. The molecule has 0 aromatic rings. The minimum Gasteiger partial charge on any atom is -0.394 e. The fraction of sp³-hybridized carbons (Fsp3) is 0.909. The summed E-state index contributed by atoms with van der Waals surface area (Å²) in [7, 11) is 0. The largest absolute Gasteiger partial charge is 0.394 e. The Kier molecular flexibility index (Phi) is 6.95. The molecule has 0 bridgehead atoms. The van der Waals surface area contributed by atoms with Crippen molar-refractivity contribution in [2.24, 2.45) is 0 Å². The average Bonchev–Trinajstić information content (AvgIpc) is 2.40. The molecule has 112 valence electrons. The van der Waals surface area contributed by atoms with Crippen LogP contribution in [0.2, 0.25) is 0 Å². The lowest BCUT2D eigenvalue weighted by Gasteiger charge is -2.40. The van der Waals surface area contributed by atoms with E-state index in [0.717, 1.165) is 24.9 Å². The zero-order valence-electron chi connectivity index (χ0n) is 11.0. The van der Waals surface area contributed by atoms with Crippen LogP contribution in [0.15, 0.2) is 0 Å². The highest BCUT2D eigenvalue weighted by molar-refractivity contribution is 8.23. The van der Waals surface area contributed by atoms with Gasteiger partial charge < -0.3 is 30.1 Å². The summed E-state index contributed by atoms with van der Waals surface area (Å²) in [4.78, 5) is 1.92. The van der Waals surface area contributed by atoms with E-state index in [1.807, 2.05) is 18.7 Å². The van der Waals surface area contributed by atoms with Crippen LogP contribution in [-0.2, 0) is 4.74 Å². The van der Waals surface area contributed by atoms with E-state index in [-0.39, 0.29) is 0 Å². The van der Waals surface area contributed by atoms with Crippen molar-refractivity contribution in [2.75, 3.05) is 19.7 Å². The Balaban J connectivity index is 2.69. The molecule has 0 aromatic carbocycles. The van der Waals surface area contributed by atoms with Crippen LogP contribution in [0.4, 0.5) is 0 Å². The topological polar surface area (TPSA) is 93.4 Å². The van der Waals surface area contributed by atoms with Gasteiger partial charge in [0.25, 0.3) is 0 Å². The maximum Gasteiger partial charge on any atom is 0.139 e. The van der Waals surface area contributed by atoms with Gasteiger partial charge in [0, 0.05) is 13.1 Å². The standard InChI is InChI=1S/C11H21NO5S2/c1-3-12(4-2)11(18)19-10-9(16)8(15)7(14)6(5-13)17-10/h6-10,13-16H,3-5H2,1-2H3/t6?,7?,8?,9-,10?/m1/s1. The zero-order valence-corrected chi connectivity index (χ0v) is 12.6. The molecule has 0 amide bonds. The predicted molar refractivity (Wildman–Crippen MR) is 76.9 cm³/mol. The van der Waals surface area contributed by atoms with Crippen LogP contribution in [-0.4, -0.2) is 79.2 Å². The zero-order chi connectivity index (χ0) is 14.6. The average molecular weight is 311 g/mol. The SMILES string of the molecule is CCN(CC)C(=S)SC1OC(CO)C(O)C(O)[C@H]1O. The van der Waals surface area contributed by atoms with E-state index in [4.69, 9.17) is 22.1 Å². The van der Waals surface area contributed by atoms with Crippen molar-refractivity contribution in [3.63, 3.8) is 0 Å². The molecule has 0 radical (unpaired) electrons. The number of thiocarbonyl (C=S) groups is 1. The Morgan fingerprint density at radius 1 is 1.16 bits per heavy atom. The molecular formula is C11H21NO5S2. The third-order valence-corrected chi connectivity index (χ3v) is 4.72. The number of aliphatic hydroxyl groups is 4. The summed E-state index contributed by atoms with van der Waals surface area (Å²) in [6, 6.07) is 0. The van der Waals surface area contributed by atoms with Gasteiger partial charge in [0.15, 0.2) is 0 Å². The molecule has 0 spiro atoms. The van der Waals surface area contributed by atoms with Gasteiger partial charge in [-0.2, -0.15) is 0 Å². The maximum atomic E-state index is 9.88. The van der Waals surface area contributed by atoms with Crippen LogP contribution < -0.4 is 0 Å². The molecule has 1 heterocycles. The summed E-state index contributed by atoms with van der Waals surface area (Å²) in [6.07, 6.45) is -4.84. The van der Waals surface area contributed by atoms with Gasteiger partial charge >= 0.3 is 0 Å². The molecule has 19 heavy (non-hydrogen) atoms. The molecule has 8 heteroatoms. The second-order valence-electron chi connectivity index (χ2n) is 4.25. The maximum absolute atomic E-state index is 9.88. The summed E-state index contributed by atoms with van der Waals surface area (Å²) in [6.45, 7) is 4.97. The van der Waals surface area contributed by atoms with Crippen LogP contribution in [0, 0.1) is 0 Å². The smallest absolute Gasteiger partial charge is 0.139 e. The lowest BCUT2D eigenvalue weighted by atomic mass is 10.0. The van der Waals surface area contributed by atoms with E-state index in [9.17, 15) is 15.3 Å². The van der Waals surface area contributed by atoms with Crippen molar-refractivity contribution < 1.29 is 25.2 Å². The molecule has 1 fully saturated rings. The molecule has 0 aromatic heterocycles. The van der Waals surface area contributed by atoms with Crippen LogP contribution in [0.3, 0.4) is 0 Å². The van der Waals surface area contributed by atoms with Gasteiger partial charge in [-0.15, -0.1) is 0 Å². The lowest BCUT2D eigenvalue weighted by Crippen LogP contribution is -2.57. The highest BCUT2D eigenvalue weighted by Crippen LogP contribution is 2.30. The number of thioether (sulfide) groups is 1. The van der Waals surface area contributed by atoms with Gasteiger partial charge in [0.1, 0.15) is 34.2 Å². The second kappa shape index (κ2) is 7.72. The Labute approximate surface area is 122 Å². The van der Waals surface area contributed by atoms with Gasteiger partial charge in [-0.1, -0.05) is 24.0 Å². The van der Waals surface area contributed by atoms with Crippen LogP contribution in [0.25, 0.3) is 0 Å². The fourth-order valence-corrected chi connectivity index (χ4v) is 3.47. The first-order valence-electron chi connectivity index (χ1n) is 6.22. The van der Waals surface area contributed by atoms with Gasteiger partial charge in [0.05, 0.1) is 6.61 Å². The van der Waals surface area contributed by atoms with Gasteiger partial charge in [-0.05, 0) is 13.8 Å². The molecule has 4 unspecified atom stereocenters. The Bertz CT molecular complexity index is 301. The van der Waals surface area contributed by atoms with Crippen molar-refractivity contribution in [1.29, 1.82) is 0 Å². The number of hydrogen-bond acceptors (Lipinski definition) is 7. The third kappa shape index (κ3) is 4.01. The highest BCUT2D eigenvalue weighted by atomic mass is 32.2. The van der Waals surface area contributed by atoms with Crippen molar-refractivity contribution in [2.45, 2.75) is 43.7 Å². The van der Waals surface area contributed by atoms with E-state index in [2.05, 4.69) is 0 Å². The molecular weight excluding hydrogens is 290 g/mol. The molecule has 1 rings (SSSR count). The summed E-state index contributed by atoms with van der Waals surface area (Å²) < 4.78 is 5.93. The number of nitrogens with zero attached hydrogens (tertiary/aromatic N) is 1. The van der Waals surface area contributed by atoms with E-state index in [1.165, 1.54) is 0 Å². The van der Waals surface area contributed by atoms with Crippen molar-refractivity contribution in [3.05, 3.63) is 0 Å². The number of rotatable bonds is 4. The minimum atomic E-state index is -1.36. The molecule has 4 N–H and O–H groups in total. The molecule has 1 saturated heterocycles. The first kappa shape index (κ1) is 17.1. The molecule has 0 saturated carbocycles. The normalized spacial score (nSPS) is 35.2. The number of hydrogen-bond donors (Lipinski definition) is 4. The number of ether oxygens (including phenoxy) is 1. The fourth-order valence-electron chi connectivity index (χ4n) is 1.82. The van der Waals surface area contributed by atoms with E-state index >= 15 is 0 Å². The quantitative estimate of drug-likeness (QED) is 0.499. The summed E-state index contributed by atoms with van der Waals surface area (Å²) >= 11 is 6.36. The van der Waals surface area contributed by atoms with E-state index < -0.39 is 36.5 Å². The van der Waals surface area contributed by atoms with Gasteiger partial charge in [-0.3, -0.25) is 0 Å². The first-order valence-corrected chi connectivity index (χ1v) is 7.51. The molecule has 0 aliphatic carbocycles. The third-order valence-electron chi connectivity index (χ3n) is 3.09. The second-order valence-corrected chi connectivity index (χ2v) is 5.99. The van der Waals surface area contributed by atoms with Gasteiger partial charge in [0.2, 0.25) is 0 Å². The Morgan fingerprint density at radius 2 is 1.74 bits per heavy atom. The Morgan fingerprint density at radius 3 is 2.21 bits per heavy atom. The van der Waals surface area contributed by atoms with Crippen LogP contribution >= 0.6 is 24.0 Å².